The van der Waals surface area contributed by atoms with Crippen LogP contribution in [0.15, 0.2) is 24.3 Å². The van der Waals surface area contributed by atoms with Crippen molar-refractivity contribution in [3.05, 3.63) is 29.8 Å². The number of carbonyl (C=O) groups excluding carboxylic acids is 1. The molecule has 2 N–H and O–H groups in total. The topological polar surface area (TPSA) is 69.6 Å². The molecule has 0 bridgehead atoms. The van der Waals surface area contributed by atoms with Crippen molar-refractivity contribution in [1.29, 1.82) is 0 Å². The summed E-state index contributed by atoms with van der Waals surface area (Å²) < 4.78 is 0. The third-order valence-electron chi connectivity index (χ3n) is 2.99. The molecule has 0 aliphatic heterocycles. The van der Waals surface area contributed by atoms with Gasteiger partial charge in [0, 0.05) is 12.7 Å². The fraction of sp³-hybridized carbons (Fsp3) is 0.429. The Hall–Kier alpha value is -2.04. The molecular formula is C14H20N2O3. The minimum Gasteiger partial charge on any atom is -0.480 e. The van der Waals surface area contributed by atoms with Crippen LogP contribution in [0, 0.1) is 12.8 Å². The zero-order valence-electron chi connectivity index (χ0n) is 11.7. The molecule has 1 aromatic carbocycles. The molecule has 1 rings (SSSR count). The Bertz CT molecular complexity index is 472. The summed E-state index contributed by atoms with van der Waals surface area (Å²) in [6.45, 7) is 5.41. The van der Waals surface area contributed by atoms with E-state index < -0.39 is 18.0 Å². The van der Waals surface area contributed by atoms with E-state index in [0.29, 0.717) is 0 Å². The lowest BCUT2D eigenvalue weighted by Gasteiger charge is -2.24. The number of rotatable bonds is 4. The fourth-order valence-corrected chi connectivity index (χ4v) is 1.79. The molecule has 2 amide bonds. The van der Waals surface area contributed by atoms with Crippen molar-refractivity contribution in [3.63, 3.8) is 0 Å². The molecule has 0 radical (unpaired) electrons. The predicted octanol–water partition coefficient (Wildman–Crippen LogP) is 2.25. The Balaban J connectivity index is 2.83. The van der Waals surface area contributed by atoms with Gasteiger partial charge in [-0.3, -0.25) is 4.90 Å². The van der Waals surface area contributed by atoms with Crippen LogP contribution in [0.25, 0.3) is 0 Å². The van der Waals surface area contributed by atoms with Gasteiger partial charge in [0.25, 0.3) is 0 Å². The van der Waals surface area contributed by atoms with E-state index in [4.69, 9.17) is 5.11 Å². The minimum absolute atomic E-state index is 0.174. The number of carboxylic acids is 1. The normalized spacial score (nSPS) is 12.1. The number of hydrogen-bond acceptors (Lipinski definition) is 2. The molecule has 0 spiro atoms. The van der Waals surface area contributed by atoms with E-state index in [0.717, 1.165) is 11.3 Å². The summed E-state index contributed by atoms with van der Waals surface area (Å²) in [5.74, 6) is -1.20. The summed E-state index contributed by atoms with van der Waals surface area (Å²) in [4.78, 5) is 24.6. The van der Waals surface area contributed by atoms with Crippen molar-refractivity contribution in [2.75, 3.05) is 11.9 Å². The summed E-state index contributed by atoms with van der Waals surface area (Å²) in [6.07, 6.45) is 0. The summed E-state index contributed by atoms with van der Waals surface area (Å²) in [6, 6.07) is 6.13. The molecule has 104 valence electrons. The second kappa shape index (κ2) is 6.22. The van der Waals surface area contributed by atoms with Crippen molar-refractivity contribution in [1.82, 2.24) is 5.32 Å². The lowest BCUT2D eigenvalue weighted by atomic mass is 10.1. The molecule has 0 aliphatic carbocycles. The second-order valence-corrected chi connectivity index (χ2v) is 4.85. The second-order valence-electron chi connectivity index (χ2n) is 4.85. The number of carbonyl (C=O) groups is 2. The van der Waals surface area contributed by atoms with Crippen LogP contribution in [0.1, 0.15) is 19.4 Å². The van der Waals surface area contributed by atoms with Crippen LogP contribution in [0.2, 0.25) is 0 Å². The van der Waals surface area contributed by atoms with Gasteiger partial charge >= 0.3 is 12.0 Å². The SMILES string of the molecule is Cc1ccccc1N(C)C(=O)N[C@@H](C(=O)O)C(C)C. The van der Waals surface area contributed by atoms with Gasteiger partial charge in [0.05, 0.1) is 0 Å². The molecule has 0 aromatic heterocycles. The summed E-state index contributed by atoms with van der Waals surface area (Å²) in [5, 5.41) is 11.6. The highest BCUT2D eigenvalue weighted by Crippen LogP contribution is 2.18. The molecule has 0 fully saturated rings. The van der Waals surface area contributed by atoms with Gasteiger partial charge in [0.2, 0.25) is 0 Å². The van der Waals surface area contributed by atoms with E-state index in [9.17, 15) is 9.59 Å². The van der Waals surface area contributed by atoms with Gasteiger partial charge in [-0.1, -0.05) is 32.0 Å². The molecule has 5 nitrogen and oxygen atoms in total. The molecule has 0 saturated heterocycles. The van der Waals surface area contributed by atoms with E-state index in [1.165, 1.54) is 4.90 Å². The summed E-state index contributed by atoms with van der Waals surface area (Å²) >= 11 is 0. The standard InChI is InChI=1S/C14H20N2O3/c1-9(2)12(13(17)18)15-14(19)16(4)11-8-6-5-7-10(11)3/h5-9,12H,1-4H3,(H,15,19)(H,17,18)/t12-/m1/s1. The van der Waals surface area contributed by atoms with Gasteiger partial charge in [-0.2, -0.15) is 0 Å². The van der Waals surface area contributed by atoms with Crippen molar-refractivity contribution >= 4 is 17.7 Å². The first-order valence-corrected chi connectivity index (χ1v) is 6.17. The number of amides is 2. The molecule has 1 atom stereocenters. The van der Waals surface area contributed by atoms with Crippen LogP contribution in [0.5, 0.6) is 0 Å². The number of urea groups is 1. The fourth-order valence-electron chi connectivity index (χ4n) is 1.79. The smallest absolute Gasteiger partial charge is 0.326 e. The first-order chi connectivity index (χ1) is 8.84. The molecule has 5 heteroatoms. The predicted molar refractivity (Wildman–Crippen MR) is 74.4 cm³/mol. The number of anilines is 1. The van der Waals surface area contributed by atoms with Gasteiger partial charge in [0.1, 0.15) is 6.04 Å². The zero-order valence-corrected chi connectivity index (χ0v) is 11.7. The molecule has 19 heavy (non-hydrogen) atoms. The third-order valence-corrected chi connectivity index (χ3v) is 2.99. The van der Waals surface area contributed by atoms with Crippen LogP contribution >= 0.6 is 0 Å². The lowest BCUT2D eigenvalue weighted by Crippen LogP contribution is -2.49. The van der Waals surface area contributed by atoms with Gasteiger partial charge in [-0.05, 0) is 24.5 Å². The van der Waals surface area contributed by atoms with Gasteiger partial charge in [-0.25, -0.2) is 9.59 Å². The van der Waals surface area contributed by atoms with Crippen LogP contribution < -0.4 is 10.2 Å². The number of carboxylic acid groups (broad SMARTS) is 1. The highest BCUT2D eigenvalue weighted by molar-refractivity contribution is 5.94. The molecular weight excluding hydrogens is 244 g/mol. The summed E-state index contributed by atoms with van der Waals surface area (Å²) in [5.41, 5.74) is 1.71. The highest BCUT2D eigenvalue weighted by atomic mass is 16.4. The van der Waals surface area contributed by atoms with E-state index in [-0.39, 0.29) is 5.92 Å². The Labute approximate surface area is 113 Å². The zero-order chi connectivity index (χ0) is 14.6. The third kappa shape index (κ3) is 3.71. The quantitative estimate of drug-likeness (QED) is 0.876. The average molecular weight is 264 g/mol. The van der Waals surface area contributed by atoms with Crippen molar-refractivity contribution in [3.8, 4) is 0 Å². The number of aliphatic carboxylic acids is 1. The number of aryl methyl sites for hydroxylation is 1. The number of nitrogens with one attached hydrogen (secondary N) is 1. The minimum atomic E-state index is -1.03. The Morgan fingerprint density at radius 3 is 2.32 bits per heavy atom. The first-order valence-electron chi connectivity index (χ1n) is 6.17. The monoisotopic (exact) mass is 264 g/mol. The van der Waals surface area contributed by atoms with Crippen molar-refractivity contribution in [2.45, 2.75) is 26.8 Å². The van der Waals surface area contributed by atoms with Crippen LogP contribution in [0.4, 0.5) is 10.5 Å². The Kier molecular flexibility index (Phi) is 4.92. The number of hydrogen-bond donors (Lipinski definition) is 2. The maximum absolute atomic E-state index is 12.1. The Morgan fingerprint density at radius 2 is 1.84 bits per heavy atom. The number of para-hydroxylation sites is 1. The summed E-state index contributed by atoms with van der Waals surface area (Å²) in [7, 11) is 1.62. The Morgan fingerprint density at radius 1 is 1.26 bits per heavy atom. The van der Waals surface area contributed by atoms with Crippen LogP contribution in [-0.4, -0.2) is 30.2 Å². The largest absolute Gasteiger partial charge is 0.480 e. The number of benzene rings is 1. The first kappa shape index (κ1) is 15.0. The van der Waals surface area contributed by atoms with Crippen LogP contribution in [0.3, 0.4) is 0 Å². The number of nitrogens with zero attached hydrogens (tertiary/aromatic N) is 1. The molecule has 0 saturated carbocycles. The van der Waals surface area contributed by atoms with E-state index >= 15 is 0 Å². The highest BCUT2D eigenvalue weighted by Gasteiger charge is 2.25. The maximum atomic E-state index is 12.1. The molecule has 1 aromatic rings. The van der Waals surface area contributed by atoms with Gasteiger partial charge in [0.15, 0.2) is 0 Å². The van der Waals surface area contributed by atoms with E-state index in [1.807, 2.05) is 31.2 Å². The maximum Gasteiger partial charge on any atom is 0.326 e. The van der Waals surface area contributed by atoms with Gasteiger partial charge < -0.3 is 10.4 Å². The van der Waals surface area contributed by atoms with Crippen LogP contribution in [-0.2, 0) is 4.79 Å². The van der Waals surface area contributed by atoms with Crippen molar-refractivity contribution in [2.24, 2.45) is 5.92 Å². The van der Waals surface area contributed by atoms with Crippen molar-refractivity contribution < 1.29 is 14.7 Å². The van der Waals surface area contributed by atoms with E-state index in [1.54, 1.807) is 20.9 Å². The van der Waals surface area contributed by atoms with Gasteiger partial charge in [-0.15, -0.1) is 0 Å². The molecule has 0 heterocycles. The lowest BCUT2D eigenvalue weighted by molar-refractivity contribution is -0.140. The molecule has 0 unspecified atom stereocenters. The van der Waals surface area contributed by atoms with E-state index in [2.05, 4.69) is 5.32 Å². The molecule has 0 aliphatic rings. The average Bonchev–Trinajstić information content (AvgIpc) is 2.34.